The number of aromatic amines is 1. The Morgan fingerprint density at radius 2 is 2.06 bits per heavy atom. The van der Waals surface area contributed by atoms with Crippen LogP contribution in [0.1, 0.15) is 35.5 Å². The summed E-state index contributed by atoms with van der Waals surface area (Å²) in [6.45, 7) is 4.82. The summed E-state index contributed by atoms with van der Waals surface area (Å²) >= 11 is 3.53. The van der Waals surface area contributed by atoms with Crippen LogP contribution in [0.5, 0.6) is 5.06 Å². The highest BCUT2D eigenvalue weighted by Gasteiger charge is 2.37. The molecular formula is C24H28F2IN3OS. The number of aromatic nitrogens is 1. The number of hydrogen-bond donors (Lipinski definition) is 1. The summed E-state index contributed by atoms with van der Waals surface area (Å²) in [4.78, 5) is 9.33. The number of rotatable bonds is 8. The van der Waals surface area contributed by atoms with E-state index in [4.69, 9.17) is 4.74 Å². The van der Waals surface area contributed by atoms with Gasteiger partial charge in [-0.1, -0.05) is 18.2 Å². The van der Waals surface area contributed by atoms with E-state index in [9.17, 15) is 8.78 Å². The number of halogens is 3. The fourth-order valence-electron chi connectivity index (χ4n) is 5.03. The topological polar surface area (TPSA) is 31.5 Å². The van der Waals surface area contributed by atoms with Crippen LogP contribution in [0.2, 0.25) is 0 Å². The number of para-hydroxylation sites is 1. The quantitative estimate of drug-likeness (QED) is 0.278. The van der Waals surface area contributed by atoms with Crippen LogP contribution in [0.3, 0.4) is 0 Å². The van der Waals surface area contributed by atoms with Crippen molar-refractivity contribution in [2.75, 3.05) is 32.9 Å². The van der Waals surface area contributed by atoms with Gasteiger partial charge in [0.05, 0.1) is 12.7 Å². The van der Waals surface area contributed by atoms with Crippen molar-refractivity contribution in [1.82, 2.24) is 14.8 Å². The SMILES string of the molecule is C[C@@H]1Cc2c([nH]c3ccccc23)[C@@H](c2ccc(OC3CN(CCCF)C3)s2)N1CC(F)I. The van der Waals surface area contributed by atoms with E-state index in [1.807, 2.05) is 28.7 Å². The third-order valence-corrected chi connectivity index (χ3v) is 7.97. The van der Waals surface area contributed by atoms with E-state index in [-0.39, 0.29) is 24.9 Å². The highest BCUT2D eigenvalue weighted by Crippen LogP contribution is 2.44. The molecule has 0 bridgehead atoms. The second kappa shape index (κ2) is 9.56. The van der Waals surface area contributed by atoms with Crippen LogP contribution in [0.15, 0.2) is 36.4 Å². The number of thiophene rings is 1. The van der Waals surface area contributed by atoms with E-state index in [0.717, 1.165) is 36.6 Å². The molecular weight excluding hydrogens is 543 g/mol. The maximum Gasteiger partial charge on any atom is 0.174 e. The van der Waals surface area contributed by atoms with Gasteiger partial charge < -0.3 is 9.72 Å². The van der Waals surface area contributed by atoms with Crippen molar-refractivity contribution >= 4 is 44.8 Å². The van der Waals surface area contributed by atoms with Crippen molar-refractivity contribution in [1.29, 1.82) is 0 Å². The molecule has 3 aromatic rings. The van der Waals surface area contributed by atoms with Gasteiger partial charge in [-0.05, 0) is 66.1 Å². The molecule has 5 rings (SSSR count). The van der Waals surface area contributed by atoms with Crippen molar-refractivity contribution in [3.8, 4) is 5.06 Å². The summed E-state index contributed by atoms with van der Waals surface area (Å²) in [5.41, 5.74) is 3.66. The largest absolute Gasteiger partial charge is 0.478 e. The predicted octanol–water partition coefficient (Wildman–Crippen LogP) is 5.72. The lowest BCUT2D eigenvalue weighted by molar-refractivity contribution is 0.0208. The molecule has 1 N–H and O–H groups in total. The lowest BCUT2D eigenvalue weighted by Gasteiger charge is -2.40. The molecule has 8 heteroatoms. The Kier molecular flexibility index (Phi) is 6.74. The van der Waals surface area contributed by atoms with Gasteiger partial charge in [0.1, 0.15) is 6.10 Å². The highest BCUT2D eigenvalue weighted by molar-refractivity contribution is 14.1. The molecule has 1 saturated heterocycles. The minimum Gasteiger partial charge on any atom is -0.478 e. The third kappa shape index (κ3) is 4.43. The number of fused-ring (bicyclic) bond motifs is 3. The predicted molar refractivity (Wildman–Crippen MR) is 135 cm³/mol. The van der Waals surface area contributed by atoms with Gasteiger partial charge in [-0.25, -0.2) is 4.39 Å². The molecule has 4 nitrogen and oxygen atoms in total. The van der Waals surface area contributed by atoms with Crippen molar-refractivity contribution in [2.24, 2.45) is 0 Å². The highest BCUT2D eigenvalue weighted by atomic mass is 127. The van der Waals surface area contributed by atoms with Crippen LogP contribution >= 0.6 is 33.9 Å². The fourth-order valence-corrected chi connectivity index (χ4v) is 6.54. The van der Waals surface area contributed by atoms with Crippen molar-refractivity contribution in [3.63, 3.8) is 0 Å². The number of likely N-dealkylation sites (tertiary alicyclic amines) is 1. The molecule has 32 heavy (non-hydrogen) atoms. The molecule has 3 atom stereocenters. The Balaban J connectivity index is 1.41. The molecule has 172 valence electrons. The van der Waals surface area contributed by atoms with E-state index in [1.165, 1.54) is 21.5 Å². The Hall–Kier alpha value is -1.23. The molecule has 2 aliphatic rings. The minimum absolute atomic E-state index is 0.0149. The second-order valence-corrected chi connectivity index (χ2v) is 11.2. The molecule has 1 fully saturated rings. The number of nitrogens with zero attached hydrogens (tertiary/aromatic N) is 2. The smallest absolute Gasteiger partial charge is 0.174 e. The molecule has 2 aliphatic heterocycles. The maximum atomic E-state index is 14.2. The Bertz CT molecular complexity index is 1060. The molecule has 0 spiro atoms. The standard InChI is InChI=1S/C24H28F2IN3OS/c1-15-11-18-17-5-2-3-6-19(17)28-23(18)24(30(15)14-21(26)27)20-7-8-22(32-20)31-16-12-29(13-16)10-4-9-25/h2-3,5-8,15-16,21,24,28H,4,9-14H2,1H3/t15-,21?,24-/m1/s1. The zero-order valence-electron chi connectivity index (χ0n) is 18.1. The van der Waals surface area contributed by atoms with Crippen LogP contribution in [0, 0.1) is 0 Å². The zero-order valence-corrected chi connectivity index (χ0v) is 21.0. The normalized spacial score (nSPS) is 23.2. The lowest BCUT2D eigenvalue weighted by atomic mass is 9.91. The van der Waals surface area contributed by atoms with Crippen LogP contribution < -0.4 is 4.74 Å². The van der Waals surface area contributed by atoms with Gasteiger partial charge in [0, 0.05) is 53.7 Å². The van der Waals surface area contributed by atoms with Crippen LogP contribution in [-0.4, -0.2) is 64.0 Å². The van der Waals surface area contributed by atoms with E-state index in [1.54, 1.807) is 11.3 Å². The van der Waals surface area contributed by atoms with E-state index >= 15 is 0 Å². The Morgan fingerprint density at radius 3 is 2.84 bits per heavy atom. The molecule has 0 amide bonds. The van der Waals surface area contributed by atoms with E-state index in [0.29, 0.717) is 13.0 Å². The Morgan fingerprint density at radius 1 is 1.25 bits per heavy atom. The van der Waals surface area contributed by atoms with Crippen molar-refractivity contribution < 1.29 is 13.5 Å². The van der Waals surface area contributed by atoms with Gasteiger partial charge >= 0.3 is 0 Å². The number of alkyl halides is 3. The zero-order chi connectivity index (χ0) is 22.2. The number of H-pyrrole nitrogens is 1. The molecule has 0 saturated carbocycles. The first-order valence-electron chi connectivity index (χ1n) is 11.2. The number of nitrogens with one attached hydrogen (secondary N) is 1. The summed E-state index contributed by atoms with van der Waals surface area (Å²) in [7, 11) is 0. The lowest BCUT2D eigenvalue weighted by Crippen LogP contribution is -2.53. The second-order valence-electron chi connectivity index (χ2n) is 8.81. The molecule has 1 aromatic carbocycles. The first kappa shape index (κ1) is 22.6. The van der Waals surface area contributed by atoms with E-state index in [2.05, 4.69) is 52.0 Å². The molecule has 0 aliphatic carbocycles. The first-order valence-corrected chi connectivity index (χ1v) is 13.3. The van der Waals surface area contributed by atoms with Gasteiger partial charge in [-0.15, -0.1) is 11.3 Å². The fraction of sp³-hybridized carbons (Fsp3) is 0.500. The molecule has 2 aromatic heterocycles. The third-order valence-electron chi connectivity index (χ3n) is 6.55. The first-order chi connectivity index (χ1) is 15.5. The number of hydrogen-bond acceptors (Lipinski definition) is 4. The van der Waals surface area contributed by atoms with E-state index < -0.39 is 4.18 Å². The number of benzene rings is 1. The summed E-state index contributed by atoms with van der Waals surface area (Å²) in [6, 6.07) is 12.8. The van der Waals surface area contributed by atoms with Crippen molar-refractivity contribution in [3.05, 3.63) is 52.5 Å². The van der Waals surface area contributed by atoms with Crippen molar-refractivity contribution in [2.45, 2.75) is 42.1 Å². The monoisotopic (exact) mass is 571 g/mol. The van der Waals surface area contributed by atoms with Gasteiger partial charge in [-0.2, -0.15) is 0 Å². The van der Waals surface area contributed by atoms with Crippen LogP contribution in [0.4, 0.5) is 8.78 Å². The summed E-state index contributed by atoms with van der Waals surface area (Å²) < 4.78 is 31.8. The molecule has 0 radical (unpaired) electrons. The molecule has 4 heterocycles. The minimum atomic E-state index is -0.926. The average molecular weight is 571 g/mol. The van der Waals surface area contributed by atoms with Gasteiger partial charge in [0.15, 0.2) is 9.24 Å². The molecule has 1 unspecified atom stereocenters. The van der Waals surface area contributed by atoms with Crippen LogP contribution in [-0.2, 0) is 6.42 Å². The number of ether oxygens (including phenoxy) is 1. The van der Waals surface area contributed by atoms with Gasteiger partial charge in [0.25, 0.3) is 0 Å². The summed E-state index contributed by atoms with van der Waals surface area (Å²) in [5, 5.41) is 2.17. The summed E-state index contributed by atoms with van der Waals surface area (Å²) in [6.07, 6.45) is 1.66. The van der Waals surface area contributed by atoms with Gasteiger partial charge in [-0.3, -0.25) is 14.2 Å². The van der Waals surface area contributed by atoms with Crippen LogP contribution in [0.25, 0.3) is 10.9 Å². The average Bonchev–Trinajstić information content (AvgIpc) is 3.34. The maximum absolute atomic E-state index is 14.2. The Labute approximate surface area is 205 Å². The summed E-state index contributed by atoms with van der Waals surface area (Å²) in [5.74, 6) is 0. The van der Waals surface area contributed by atoms with Gasteiger partial charge in [0.2, 0.25) is 0 Å².